The van der Waals surface area contributed by atoms with E-state index in [2.05, 4.69) is 215 Å². The lowest BCUT2D eigenvalue weighted by Gasteiger charge is -2.23. The average molecular weight is 1560 g/mol. The fourth-order valence-electron chi connectivity index (χ4n) is 16.6. The molecule has 110 heavy (non-hydrogen) atoms. The Morgan fingerprint density at radius 2 is 0.345 bits per heavy atom. The van der Waals surface area contributed by atoms with Crippen molar-refractivity contribution in [3.63, 3.8) is 0 Å². The topological polar surface area (TPSA) is 0 Å². The smallest absolute Gasteiger partial charge is 0.0389 e. The normalized spacial score (nSPS) is 13.9. The Morgan fingerprint density at radius 3 is 0.682 bits per heavy atom. The van der Waals surface area contributed by atoms with E-state index in [0.29, 0.717) is 0 Å². The molecule has 11 atom stereocenters. The Kier molecular flexibility index (Phi) is 134. The van der Waals surface area contributed by atoms with Crippen LogP contribution in [-0.2, 0) is 0 Å². The molecule has 0 amide bonds. The number of unbranched alkanes of at least 4 members (excludes halogenated alkanes) is 20. The lowest BCUT2D eigenvalue weighted by atomic mass is 9.83. The summed E-state index contributed by atoms with van der Waals surface area (Å²) in [7, 11) is 0. The highest BCUT2D eigenvalue weighted by Crippen LogP contribution is 2.29. The van der Waals surface area contributed by atoms with Gasteiger partial charge in [-0.2, -0.15) is 0 Å². The van der Waals surface area contributed by atoms with Crippen LogP contribution >= 0.6 is 0 Å². The molecule has 11 unspecified atom stereocenters. The SMILES string of the molecule is CCCC(CC)C(CC)CC.CCCC(CC)CCC(C)CC.CCCCC(C)C(C)CCC.CCCCC(C)CCC(C)CCC.CCCCCC(CCC)CCC.CCCCCCC(CC)CCC.CCCCCCC(CC)CCCC.CCCCCCC(CC)CCCC.CCCCCCCC(C)CCCC. The van der Waals surface area contributed by atoms with Gasteiger partial charge >= 0.3 is 0 Å². The highest BCUT2D eigenvalue weighted by molar-refractivity contribution is 4.68. The van der Waals surface area contributed by atoms with E-state index < -0.39 is 0 Å². The molecule has 0 aromatic heterocycles. The third kappa shape index (κ3) is 112. The van der Waals surface area contributed by atoms with Crippen molar-refractivity contribution in [3.8, 4) is 0 Å². The van der Waals surface area contributed by atoms with Crippen LogP contribution < -0.4 is 0 Å². The standard InChI is InChI=1S/4C13H28.3C12H26.2C11H24/c1-5-7-9-13(4)11-10-12(3)8-6-2;1-4-6-8-9-10-12-13(3)11-7-5-2;2*1-4-7-9-10-12-13(6-3)11-8-5-2;1-5-8-12(7-3)10-9-11(4)6-2;1-4-7-8-9-11-12(6-3)10-5-2;1-4-7-8-11-12(9-5-2)10-6-3;1-5-7-9-11(4)10(3)8-6-2;1-5-9-11(8-4)10(6-2)7-3/h12-13H,5-11H2,1-4H3;3*13H,4-12H2,1-3H3;11-12H,5-10H2,1-4H3;2*12H,4-11H2,1-3H3;2*10-11H,5-9H2,1-4H3. The summed E-state index contributed by atoms with van der Waals surface area (Å²) in [5.74, 6) is 12.8. The second-order valence-electron chi connectivity index (χ2n) is 37.1. The zero-order valence-electron chi connectivity index (χ0n) is 85.2. The first-order chi connectivity index (χ1) is 53.1. The first kappa shape index (κ1) is 128. The molecule has 678 valence electrons. The second-order valence-corrected chi connectivity index (χ2v) is 37.1. The number of rotatable bonds is 70. The molecule has 0 radical (unpaired) electrons. The molecule has 0 heteroatoms. The van der Waals surface area contributed by atoms with Crippen LogP contribution in [0.5, 0.6) is 0 Å². The van der Waals surface area contributed by atoms with Crippen LogP contribution in [0.25, 0.3) is 0 Å². The average Bonchev–Trinajstić information content (AvgIpc) is 0.968. The van der Waals surface area contributed by atoms with Gasteiger partial charge in [-0.25, -0.2) is 0 Å². The second kappa shape index (κ2) is 115. The zero-order valence-corrected chi connectivity index (χ0v) is 85.2. The van der Waals surface area contributed by atoms with Crippen molar-refractivity contribution < 1.29 is 0 Å². The zero-order chi connectivity index (χ0) is 85.2. The largest absolute Gasteiger partial charge is 0.0654 e. The number of hydrogen-bond donors (Lipinski definition) is 0. The van der Waals surface area contributed by atoms with Crippen molar-refractivity contribution in [3.05, 3.63) is 0 Å². The molecule has 0 spiro atoms. The minimum atomic E-state index is 0.937. The van der Waals surface area contributed by atoms with Crippen molar-refractivity contribution >= 4 is 0 Å². The molecular weight excluding hydrogens is 1320 g/mol. The van der Waals surface area contributed by atoms with Crippen molar-refractivity contribution in [2.45, 2.75) is 638 Å². The Morgan fingerprint density at radius 1 is 0.118 bits per heavy atom. The Hall–Kier alpha value is 0. The summed E-state index contributed by atoms with van der Waals surface area (Å²) in [4.78, 5) is 0. The van der Waals surface area contributed by atoms with Gasteiger partial charge in [0.05, 0.1) is 0 Å². The summed E-state index contributed by atoms with van der Waals surface area (Å²) in [6, 6.07) is 0. The van der Waals surface area contributed by atoms with Gasteiger partial charge in [-0.1, -0.05) is 638 Å². The maximum Gasteiger partial charge on any atom is -0.0389 e. The fraction of sp³-hybridized carbons (Fsp3) is 1.00. The lowest BCUT2D eigenvalue weighted by molar-refractivity contribution is 0.284. The number of hydrogen-bond acceptors (Lipinski definition) is 0. The first-order valence-corrected chi connectivity index (χ1v) is 53.1. The van der Waals surface area contributed by atoms with Crippen LogP contribution in [0.4, 0.5) is 0 Å². The molecule has 0 aliphatic heterocycles. The van der Waals surface area contributed by atoms with Crippen LogP contribution in [0.1, 0.15) is 638 Å². The summed E-state index contributed by atoms with van der Waals surface area (Å²) in [6.07, 6.45) is 93.6. The summed E-state index contributed by atoms with van der Waals surface area (Å²) in [5.41, 5.74) is 0. The highest BCUT2D eigenvalue weighted by atomic mass is 14.2. The molecule has 0 nitrogen and oxygen atoms in total. The van der Waals surface area contributed by atoms with E-state index in [1.165, 1.54) is 424 Å². The Labute approximate surface area is 711 Å². The predicted molar refractivity (Wildman–Crippen MR) is 526 cm³/mol. The third-order valence-corrected chi connectivity index (χ3v) is 25.9. The highest BCUT2D eigenvalue weighted by Gasteiger charge is 2.16. The van der Waals surface area contributed by atoms with Gasteiger partial charge in [0.15, 0.2) is 0 Å². The molecule has 0 aromatic carbocycles. The minimum absolute atomic E-state index is 0.937. The summed E-state index contributed by atoms with van der Waals surface area (Å²) < 4.78 is 0. The van der Waals surface area contributed by atoms with Crippen LogP contribution in [0.15, 0.2) is 0 Å². The van der Waals surface area contributed by atoms with Crippen molar-refractivity contribution in [2.75, 3.05) is 0 Å². The van der Waals surface area contributed by atoms with Gasteiger partial charge in [-0.3, -0.25) is 0 Å². The van der Waals surface area contributed by atoms with Crippen LogP contribution in [-0.4, -0.2) is 0 Å². The maximum absolute atomic E-state index is 2.41. The molecule has 0 rings (SSSR count). The van der Waals surface area contributed by atoms with Crippen LogP contribution in [0.2, 0.25) is 0 Å². The molecule has 0 heterocycles. The lowest BCUT2D eigenvalue weighted by Crippen LogP contribution is -2.12. The van der Waals surface area contributed by atoms with E-state index in [4.69, 9.17) is 0 Å². The van der Waals surface area contributed by atoms with Crippen molar-refractivity contribution in [1.29, 1.82) is 0 Å². The van der Waals surface area contributed by atoms with Crippen molar-refractivity contribution in [2.24, 2.45) is 76.9 Å². The summed E-state index contributed by atoms with van der Waals surface area (Å²) >= 11 is 0. The summed E-state index contributed by atoms with van der Waals surface area (Å²) in [6.45, 7) is 72.0. The predicted octanol–water partition coefficient (Wildman–Crippen LogP) is 43.3. The third-order valence-electron chi connectivity index (χ3n) is 25.9. The van der Waals surface area contributed by atoms with Gasteiger partial charge in [-0.15, -0.1) is 0 Å². The van der Waals surface area contributed by atoms with Gasteiger partial charge in [0.25, 0.3) is 0 Å². The molecule has 0 saturated carbocycles. The Balaban J connectivity index is -0.000000149. The van der Waals surface area contributed by atoms with Gasteiger partial charge in [-0.05, 0) is 76.9 Å². The molecule has 0 N–H and O–H groups in total. The fourth-order valence-corrected chi connectivity index (χ4v) is 16.6. The Bertz CT molecular complexity index is 1380. The van der Waals surface area contributed by atoms with Crippen LogP contribution in [0, 0.1) is 76.9 Å². The maximum atomic E-state index is 2.41. The van der Waals surface area contributed by atoms with Gasteiger partial charge in [0.2, 0.25) is 0 Å². The molecule has 0 aliphatic rings. The van der Waals surface area contributed by atoms with E-state index >= 15 is 0 Å². The van der Waals surface area contributed by atoms with E-state index in [-0.39, 0.29) is 0 Å². The minimum Gasteiger partial charge on any atom is -0.0654 e. The monoisotopic (exact) mass is 1560 g/mol. The van der Waals surface area contributed by atoms with E-state index in [9.17, 15) is 0 Å². The quantitative estimate of drug-likeness (QED) is 0.0533. The first-order valence-electron chi connectivity index (χ1n) is 53.1. The van der Waals surface area contributed by atoms with Crippen molar-refractivity contribution in [1.82, 2.24) is 0 Å². The van der Waals surface area contributed by atoms with Gasteiger partial charge in [0, 0.05) is 0 Å². The van der Waals surface area contributed by atoms with E-state index in [0.717, 1.165) is 76.9 Å². The molecule has 0 saturated heterocycles. The molecular formula is C110H238. The molecule has 0 aliphatic carbocycles. The summed E-state index contributed by atoms with van der Waals surface area (Å²) in [5, 5.41) is 0. The van der Waals surface area contributed by atoms with E-state index in [1.54, 1.807) is 0 Å². The van der Waals surface area contributed by atoms with E-state index in [1.807, 2.05) is 0 Å². The molecule has 0 bridgehead atoms. The van der Waals surface area contributed by atoms with Crippen LogP contribution in [0.3, 0.4) is 0 Å². The van der Waals surface area contributed by atoms with Gasteiger partial charge < -0.3 is 0 Å². The molecule has 0 aromatic rings. The molecule has 0 fully saturated rings. The van der Waals surface area contributed by atoms with Gasteiger partial charge in [0.1, 0.15) is 0 Å².